The quantitative estimate of drug-likeness (QED) is 0.154. The van der Waals surface area contributed by atoms with E-state index < -0.39 is 0 Å². The van der Waals surface area contributed by atoms with Gasteiger partial charge >= 0.3 is 0 Å². The molecule has 3 heteroatoms. The summed E-state index contributed by atoms with van der Waals surface area (Å²) >= 11 is 0. The molecule has 0 fully saturated rings. The fraction of sp³-hybridized carbons (Fsp3) is 0. The van der Waals surface area contributed by atoms with Crippen LogP contribution in [0.5, 0.6) is 0 Å². The first-order chi connectivity index (χ1) is 30.2. The molecule has 0 saturated heterocycles. The van der Waals surface area contributed by atoms with E-state index in [4.69, 9.17) is 14.4 Å². The lowest BCUT2D eigenvalue weighted by Gasteiger charge is -2.12. The monoisotopic (exact) mass is 778 g/mol. The van der Waals surface area contributed by atoms with E-state index in [1.807, 2.05) is 24.3 Å². The Morgan fingerprint density at radius 1 is 0.262 bits per heavy atom. The number of hydrogen-bond donors (Lipinski definition) is 0. The maximum Gasteiger partial charge on any atom is 0.231 e. The van der Waals surface area contributed by atoms with Crippen LogP contribution >= 0.6 is 0 Å². The van der Waals surface area contributed by atoms with Crippen molar-refractivity contribution in [2.45, 2.75) is 0 Å². The average Bonchev–Trinajstić information content (AvgIpc) is 3.73. The van der Waals surface area contributed by atoms with E-state index in [1.165, 1.54) is 33.4 Å². The van der Waals surface area contributed by atoms with E-state index in [9.17, 15) is 0 Å². The first-order valence-corrected chi connectivity index (χ1v) is 20.6. The highest BCUT2D eigenvalue weighted by atomic mass is 16.3. The highest BCUT2D eigenvalue weighted by molar-refractivity contribution is 6.10. The molecule has 2 aromatic heterocycles. The van der Waals surface area contributed by atoms with Crippen molar-refractivity contribution in [3.05, 3.63) is 231 Å². The number of para-hydroxylation sites is 1. The summed E-state index contributed by atoms with van der Waals surface area (Å²) in [6.07, 6.45) is 0. The predicted molar refractivity (Wildman–Crippen MR) is 253 cm³/mol. The SMILES string of the molecule is c1ccc(-c2cc(-c3ccccc3)cc(-c3ccc(-c4cccc(-c5cccc(-c6nc(-c7cccc(-c8ccccc8)c7)c7c(n6)oc6ccccc67)c5)c4)cc3)c2)cc1. The van der Waals surface area contributed by atoms with Crippen molar-refractivity contribution < 1.29 is 4.42 Å². The van der Waals surface area contributed by atoms with Crippen LogP contribution in [0.4, 0.5) is 0 Å². The van der Waals surface area contributed by atoms with Crippen LogP contribution in [0.25, 0.3) is 111 Å². The van der Waals surface area contributed by atoms with Crippen molar-refractivity contribution in [2.75, 3.05) is 0 Å². The third kappa shape index (κ3) is 7.09. The second kappa shape index (κ2) is 15.6. The van der Waals surface area contributed by atoms with Crippen LogP contribution in [0.1, 0.15) is 0 Å². The molecule has 0 aliphatic carbocycles. The maximum atomic E-state index is 6.41. The molecule has 0 amide bonds. The van der Waals surface area contributed by atoms with E-state index in [1.54, 1.807) is 0 Å². The van der Waals surface area contributed by atoms with Gasteiger partial charge in [-0.1, -0.05) is 188 Å². The summed E-state index contributed by atoms with van der Waals surface area (Å²) in [7, 11) is 0. The zero-order chi connectivity index (χ0) is 40.5. The van der Waals surface area contributed by atoms with Crippen molar-refractivity contribution in [2.24, 2.45) is 0 Å². The first-order valence-electron chi connectivity index (χ1n) is 20.6. The zero-order valence-electron chi connectivity index (χ0n) is 33.2. The number of fused-ring (bicyclic) bond motifs is 3. The molecule has 0 unspecified atom stereocenters. The Hall–Kier alpha value is -8.14. The molecule has 0 N–H and O–H groups in total. The number of furan rings is 1. The first kappa shape index (κ1) is 36.0. The van der Waals surface area contributed by atoms with Crippen molar-refractivity contribution in [3.63, 3.8) is 0 Å². The predicted octanol–water partition coefficient (Wildman–Crippen LogP) is 15.7. The Balaban J connectivity index is 0.939. The largest absolute Gasteiger partial charge is 0.438 e. The normalized spacial score (nSPS) is 11.3. The van der Waals surface area contributed by atoms with Crippen molar-refractivity contribution in [1.82, 2.24) is 9.97 Å². The molecule has 0 aliphatic heterocycles. The fourth-order valence-corrected chi connectivity index (χ4v) is 8.40. The van der Waals surface area contributed by atoms with Crippen molar-refractivity contribution in [3.8, 4) is 89.4 Å². The maximum absolute atomic E-state index is 6.41. The lowest BCUT2D eigenvalue weighted by atomic mass is 9.92. The summed E-state index contributed by atoms with van der Waals surface area (Å²) in [6, 6.07) is 81.4. The van der Waals surface area contributed by atoms with Gasteiger partial charge in [-0.05, 0) is 109 Å². The number of nitrogens with zero attached hydrogens (tertiary/aromatic N) is 2. The van der Waals surface area contributed by atoms with Gasteiger partial charge in [0.05, 0.1) is 11.1 Å². The molecule has 11 rings (SSSR count). The van der Waals surface area contributed by atoms with Crippen LogP contribution in [-0.4, -0.2) is 9.97 Å². The van der Waals surface area contributed by atoms with E-state index in [-0.39, 0.29) is 0 Å². The van der Waals surface area contributed by atoms with Gasteiger partial charge in [0, 0.05) is 16.5 Å². The zero-order valence-corrected chi connectivity index (χ0v) is 33.2. The van der Waals surface area contributed by atoms with Crippen molar-refractivity contribution >= 4 is 22.1 Å². The van der Waals surface area contributed by atoms with Gasteiger partial charge in [0.25, 0.3) is 0 Å². The summed E-state index contributed by atoms with van der Waals surface area (Å²) in [5, 5.41) is 1.92. The molecule has 0 radical (unpaired) electrons. The summed E-state index contributed by atoms with van der Waals surface area (Å²) in [5.74, 6) is 0.618. The molecule has 11 aromatic rings. The Bertz CT molecular complexity index is 3280. The average molecular weight is 779 g/mol. The second-order valence-corrected chi connectivity index (χ2v) is 15.4. The molecule has 0 aliphatic rings. The molecule has 0 atom stereocenters. The van der Waals surface area contributed by atoms with Gasteiger partial charge in [-0.2, -0.15) is 4.98 Å². The van der Waals surface area contributed by atoms with Gasteiger partial charge in [-0.3, -0.25) is 0 Å². The molecule has 9 aromatic carbocycles. The minimum Gasteiger partial charge on any atom is -0.438 e. The number of aromatic nitrogens is 2. The van der Waals surface area contributed by atoms with E-state index >= 15 is 0 Å². The Labute approximate surface area is 354 Å². The van der Waals surface area contributed by atoms with Gasteiger partial charge in [0.15, 0.2) is 5.82 Å². The van der Waals surface area contributed by atoms with Crippen LogP contribution in [0.3, 0.4) is 0 Å². The molecule has 286 valence electrons. The Kier molecular flexibility index (Phi) is 9.18. The van der Waals surface area contributed by atoms with E-state index in [2.05, 4.69) is 206 Å². The lowest BCUT2D eigenvalue weighted by Crippen LogP contribution is -1.94. The van der Waals surface area contributed by atoms with Crippen LogP contribution in [0, 0.1) is 0 Å². The summed E-state index contributed by atoms with van der Waals surface area (Å²) in [4.78, 5) is 10.4. The molecule has 3 nitrogen and oxygen atoms in total. The standard InChI is InChI=1S/C58H38N2O/c1-4-15-39(16-5-1)45-22-13-25-48(34-45)56-55-53-27-10-11-28-54(53)61-58(55)60-57(59-56)49-26-14-24-47(35-49)46-23-12-21-44(33-46)42-29-31-43(32-30-42)52-37-50(40-17-6-2-7-18-40)36-51(38-52)41-19-8-3-9-20-41/h1-38H. The third-order valence-corrected chi connectivity index (χ3v) is 11.5. The van der Waals surface area contributed by atoms with Crippen molar-refractivity contribution in [1.29, 1.82) is 0 Å². The number of rotatable bonds is 8. The molecular weight excluding hydrogens is 741 g/mol. The van der Waals surface area contributed by atoms with Crippen LogP contribution in [0.2, 0.25) is 0 Å². The second-order valence-electron chi connectivity index (χ2n) is 15.4. The topological polar surface area (TPSA) is 38.9 Å². The van der Waals surface area contributed by atoms with Gasteiger partial charge < -0.3 is 4.42 Å². The minimum atomic E-state index is 0.574. The van der Waals surface area contributed by atoms with Gasteiger partial charge in [-0.25, -0.2) is 4.98 Å². The third-order valence-electron chi connectivity index (χ3n) is 11.5. The molecular formula is C58H38N2O. The smallest absolute Gasteiger partial charge is 0.231 e. The van der Waals surface area contributed by atoms with E-state index in [0.29, 0.717) is 11.5 Å². The van der Waals surface area contributed by atoms with Crippen LogP contribution < -0.4 is 0 Å². The van der Waals surface area contributed by atoms with Crippen LogP contribution in [0.15, 0.2) is 235 Å². The fourth-order valence-electron chi connectivity index (χ4n) is 8.40. The number of benzene rings is 9. The summed E-state index contributed by atoms with van der Waals surface area (Å²) in [6.45, 7) is 0. The molecule has 61 heavy (non-hydrogen) atoms. The van der Waals surface area contributed by atoms with Gasteiger partial charge in [-0.15, -0.1) is 0 Å². The lowest BCUT2D eigenvalue weighted by molar-refractivity contribution is 0.653. The molecule has 0 bridgehead atoms. The Morgan fingerprint density at radius 2 is 0.623 bits per heavy atom. The molecule has 0 saturated carbocycles. The highest BCUT2D eigenvalue weighted by Crippen LogP contribution is 2.39. The van der Waals surface area contributed by atoms with Gasteiger partial charge in [0.2, 0.25) is 5.71 Å². The molecule has 0 spiro atoms. The molecule has 2 heterocycles. The van der Waals surface area contributed by atoms with E-state index in [0.717, 1.165) is 66.6 Å². The highest BCUT2D eigenvalue weighted by Gasteiger charge is 2.19. The van der Waals surface area contributed by atoms with Crippen LogP contribution in [-0.2, 0) is 0 Å². The number of hydrogen-bond acceptors (Lipinski definition) is 3. The Morgan fingerprint density at radius 3 is 1.18 bits per heavy atom. The minimum absolute atomic E-state index is 0.574. The summed E-state index contributed by atoms with van der Waals surface area (Å²) < 4.78 is 6.41. The van der Waals surface area contributed by atoms with Gasteiger partial charge in [0.1, 0.15) is 5.58 Å². The summed E-state index contributed by atoms with van der Waals surface area (Å²) in [5.41, 5.74) is 18.1.